The molecule has 0 N–H and O–H groups in total. The van der Waals surface area contributed by atoms with Gasteiger partial charge in [-0.15, -0.1) is 0 Å². The van der Waals surface area contributed by atoms with Gasteiger partial charge in [0, 0.05) is 50.1 Å². The molecular weight excluding hydrogens is 737 g/mol. The van der Waals surface area contributed by atoms with Gasteiger partial charge in [0.05, 0.1) is 11.0 Å². The van der Waals surface area contributed by atoms with Crippen LogP contribution in [0.4, 0.5) is 17.1 Å². The maximum Gasteiger partial charge on any atom is 0.0588 e. The molecule has 1 heterocycles. The van der Waals surface area contributed by atoms with Crippen molar-refractivity contribution in [1.29, 1.82) is 0 Å². The van der Waals surface area contributed by atoms with Gasteiger partial charge in [-0.1, -0.05) is 159 Å². The van der Waals surface area contributed by atoms with Crippen molar-refractivity contribution in [1.82, 2.24) is 4.57 Å². The molecule has 0 unspecified atom stereocenters. The third-order valence-electron chi connectivity index (χ3n) is 12.3. The van der Waals surface area contributed by atoms with Crippen LogP contribution in [-0.4, -0.2) is 4.57 Å². The molecule has 1 aliphatic carbocycles. The summed E-state index contributed by atoms with van der Waals surface area (Å²) in [5.41, 5.74) is 18.7. The van der Waals surface area contributed by atoms with Crippen LogP contribution in [0.25, 0.3) is 60.9 Å². The fourth-order valence-corrected chi connectivity index (χ4v) is 9.47. The highest BCUT2D eigenvalue weighted by Gasteiger charge is 2.38. The number of aromatic nitrogens is 1. The Kier molecular flexibility index (Phi) is 8.76. The molecule has 0 atom stereocenters. The fourth-order valence-electron chi connectivity index (χ4n) is 9.47. The van der Waals surface area contributed by atoms with Crippen LogP contribution in [0.2, 0.25) is 0 Å². The topological polar surface area (TPSA) is 8.17 Å². The molecule has 2 nitrogen and oxygen atoms in total. The van der Waals surface area contributed by atoms with Crippen LogP contribution in [0.1, 0.15) is 36.1 Å². The lowest BCUT2D eigenvalue weighted by molar-refractivity contribution is 0.663. The second-order valence-electron chi connectivity index (χ2n) is 16.4. The number of hydrogen-bond donors (Lipinski definition) is 0. The average molecular weight is 779 g/mol. The molecule has 0 bridgehead atoms. The number of benzene rings is 9. The van der Waals surface area contributed by atoms with Crippen molar-refractivity contribution in [2.24, 2.45) is 0 Å². The van der Waals surface area contributed by atoms with E-state index in [0.29, 0.717) is 0 Å². The lowest BCUT2D eigenvalue weighted by Gasteiger charge is -2.27. The Morgan fingerprint density at radius 1 is 0.410 bits per heavy atom. The first kappa shape index (κ1) is 36.2. The van der Waals surface area contributed by atoms with E-state index in [0.717, 1.165) is 28.2 Å². The maximum absolute atomic E-state index is 3.55. The third kappa shape index (κ3) is 6.31. The van der Waals surface area contributed by atoms with Gasteiger partial charge in [-0.05, 0) is 129 Å². The summed E-state index contributed by atoms with van der Waals surface area (Å²) in [7, 11) is 0. The Hall–Kier alpha value is -7.86. The van der Waals surface area contributed by atoms with Crippen LogP contribution in [0, 0.1) is 11.8 Å². The standard InChI is InChI=1S/C59H42N2/c1-59(2)55-37-42(31-34-51(55)53-35-36-54-52-25-15-16-26-56(52)61(58(54)57(53)59)48-23-13-6-14-24-48)28-27-41-29-32-49(33-30-41)60(47-21-11-5-12-22-47)50-39-45(43-17-7-3-8-18-43)38-46(40-50)44-19-9-4-10-20-44/h3-26,29-40H,1-2H3. The molecule has 288 valence electrons. The summed E-state index contributed by atoms with van der Waals surface area (Å²) in [4.78, 5) is 2.34. The Bertz CT molecular complexity index is 3240. The van der Waals surface area contributed by atoms with E-state index < -0.39 is 0 Å². The minimum absolute atomic E-state index is 0.233. The second-order valence-corrected chi connectivity index (χ2v) is 16.4. The van der Waals surface area contributed by atoms with E-state index in [1.807, 2.05) is 0 Å². The van der Waals surface area contributed by atoms with Gasteiger partial charge < -0.3 is 9.47 Å². The van der Waals surface area contributed by atoms with Gasteiger partial charge in [0.2, 0.25) is 0 Å². The number of hydrogen-bond acceptors (Lipinski definition) is 1. The number of anilines is 3. The van der Waals surface area contributed by atoms with Crippen molar-refractivity contribution in [3.63, 3.8) is 0 Å². The van der Waals surface area contributed by atoms with E-state index in [2.05, 4.69) is 254 Å². The van der Waals surface area contributed by atoms with Gasteiger partial charge in [-0.2, -0.15) is 0 Å². The van der Waals surface area contributed by atoms with Crippen molar-refractivity contribution < 1.29 is 0 Å². The predicted molar refractivity (Wildman–Crippen MR) is 256 cm³/mol. The Morgan fingerprint density at radius 3 is 1.62 bits per heavy atom. The van der Waals surface area contributed by atoms with Gasteiger partial charge in [-0.3, -0.25) is 0 Å². The molecule has 10 aromatic rings. The molecule has 0 fully saturated rings. The number of fused-ring (bicyclic) bond motifs is 7. The zero-order valence-electron chi connectivity index (χ0n) is 34.2. The first-order valence-electron chi connectivity index (χ1n) is 21.0. The van der Waals surface area contributed by atoms with Crippen LogP contribution >= 0.6 is 0 Å². The molecule has 11 rings (SSSR count). The lowest BCUT2D eigenvalue weighted by Crippen LogP contribution is -2.16. The van der Waals surface area contributed by atoms with Crippen molar-refractivity contribution in [2.45, 2.75) is 19.3 Å². The van der Waals surface area contributed by atoms with E-state index >= 15 is 0 Å². The molecule has 2 heteroatoms. The van der Waals surface area contributed by atoms with Crippen LogP contribution in [0.15, 0.2) is 218 Å². The minimum atomic E-state index is -0.233. The Labute approximate surface area is 357 Å². The fraction of sp³-hybridized carbons (Fsp3) is 0.0508. The predicted octanol–water partition coefficient (Wildman–Crippen LogP) is 15.3. The van der Waals surface area contributed by atoms with E-state index in [1.165, 1.54) is 72.0 Å². The summed E-state index contributed by atoms with van der Waals surface area (Å²) in [6, 6.07) is 78.4. The largest absolute Gasteiger partial charge is 0.310 e. The molecule has 1 aromatic heterocycles. The highest BCUT2D eigenvalue weighted by Crippen LogP contribution is 2.53. The highest BCUT2D eigenvalue weighted by atomic mass is 15.1. The summed E-state index contributed by atoms with van der Waals surface area (Å²) in [5.74, 6) is 7.06. The van der Waals surface area contributed by atoms with E-state index in [9.17, 15) is 0 Å². The lowest BCUT2D eigenvalue weighted by atomic mass is 9.81. The van der Waals surface area contributed by atoms with E-state index in [-0.39, 0.29) is 5.41 Å². The monoisotopic (exact) mass is 778 g/mol. The highest BCUT2D eigenvalue weighted by molar-refractivity contribution is 6.13. The quantitative estimate of drug-likeness (QED) is 0.153. The first-order valence-corrected chi connectivity index (χ1v) is 21.0. The smallest absolute Gasteiger partial charge is 0.0588 e. The zero-order valence-corrected chi connectivity index (χ0v) is 34.2. The summed E-state index contributed by atoms with van der Waals surface area (Å²) < 4.78 is 2.46. The molecule has 1 aliphatic rings. The van der Waals surface area contributed by atoms with Gasteiger partial charge >= 0.3 is 0 Å². The molecule has 0 saturated carbocycles. The van der Waals surface area contributed by atoms with Crippen LogP contribution in [0.5, 0.6) is 0 Å². The second kappa shape index (κ2) is 14.8. The van der Waals surface area contributed by atoms with Crippen LogP contribution in [-0.2, 0) is 5.41 Å². The van der Waals surface area contributed by atoms with Crippen molar-refractivity contribution in [3.8, 4) is 50.9 Å². The van der Waals surface area contributed by atoms with Crippen molar-refractivity contribution in [3.05, 3.63) is 241 Å². The molecule has 0 radical (unpaired) electrons. The number of rotatable bonds is 6. The minimum Gasteiger partial charge on any atom is -0.310 e. The first-order chi connectivity index (χ1) is 30.0. The Balaban J connectivity index is 0.956. The Morgan fingerprint density at radius 2 is 0.951 bits per heavy atom. The SMILES string of the molecule is CC1(C)c2cc(C#Cc3ccc(N(c4ccccc4)c4cc(-c5ccccc5)cc(-c5ccccc5)c4)cc3)ccc2-c2ccc3c4ccccc4n(-c4ccccc4)c3c21. The van der Waals surface area contributed by atoms with Gasteiger partial charge in [-0.25, -0.2) is 0 Å². The average Bonchev–Trinajstić information content (AvgIpc) is 3.77. The zero-order chi connectivity index (χ0) is 40.9. The van der Waals surface area contributed by atoms with Crippen molar-refractivity contribution >= 4 is 38.9 Å². The molecule has 61 heavy (non-hydrogen) atoms. The van der Waals surface area contributed by atoms with Crippen molar-refractivity contribution in [2.75, 3.05) is 4.90 Å². The number of nitrogens with zero attached hydrogens (tertiary/aromatic N) is 2. The molecule has 0 amide bonds. The maximum atomic E-state index is 3.55. The molecule has 0 spiro atoms. The summed E-state index contributed by atoms with van der Waals surface area (Å²) in [6.45, 7) is 4.74. The molecule has 0 aliphatic heterocycles. The number of para-hydroxylation sites is 3. The van der Waals surface area contributed by atoms with Crippen LogP contribution in [0.3, 0.4) is 0 Å². The van der Waals surface area contributed by atoms with E-state index in [4.69, 9.17) is 0 Å². The van der Waals surface area contributed by atoms with Gasteiger partial charge in [0.25, 0.3) is 0 Å². The van der Waals surface area contributed by atoms with Gasteiger partial charge in [0.1, 0.15) is 0 Å². The van der Waals surface area contributed by atoms with Gasteiger partial charge in [0.15, 0.2) is 0 Å². The van der Waals surface area contributed by atoms with Crippen LogP contribution < -0.4 is 4.90 Å². The molecular formula is C59H42N2. The third-order valence-corrected chi connectivity index (χ3v) is 12.3. The van der Waals surface area contributed by atoms with E-state index in [1.54, 1.807) is 0 Å². The summed E-state index contributed by atoms with van der Waals surface area (Å²) >= 11 is 0. The summed E-state index contributed by atoms with van der Waals surface area (Å²) in [6.07, 6.45) is 0. The molecule has 9 aromatic carbocycles. The summed E-state index contributed by atoms with van der Waals surface area (Å²) in [5, 5.41) is 2.56. The molecule has 0 saturated heterocycles. The normalized spacial score (nSPS) is 12.4.